The molecule has 2 aromatic carbocycles. The summed E-state index contributed by atoms with van der Waals surface area (Å²) < 4.78 is 5.67. The Balaban J connectivity index is 2.02. The van der Waals surface area contributed by atoms with Gasteiger partial charge in [-0.15, -0.1) is 0 Å². The van der Waals surface area contributed by atoms with Crippen LogP contribution in [-0.4, -0.2) is 10.5 Å². The molecule has 1 N–H and O–H groups in total. The van der Waals surface area contributed by atoms with Gasteiger partial charge in [-0.1, -0.05) is 42.5 Å². The minimum atomic E-state index is 0.0506. The van der Waals surface area contributed by atoms with E-state index in [2.05, 4.69) is 73.5 Å². The monoisotopic (exact) mass is 280 g/mol. The Kier molecular flexibility index (Phi) is 3.52. The summed E-state index contributed by atoms with van der Waals surface area (Å²) >= 11 is 0. The summed E-state index contributed by atoms with van der Waals surface area (Å²) in [5, 5.41) is 5.86. The van der Waals surface area contributed by atoms with Crippen molar-refractivity contribution in [1.82, 2.24) is 10.3 Å². The molecule has 0 bridgehead atoms. The third-order valence-electron chi connectivity index (χ3n) is 3.46. The minimum Gasteiger partial charge on any atom is -0.443 e. The predicted molar refractivity (Wildman–Crippen MR) is 86.0 cm³/mol. The molecule has 108 valence electrons. The van der Waals surface area contributed by atoms with Crippen LogP contribution in [0.3, 0.4) is 0 Å². The van der Waals surface area contributed by atoms with Crippen LogP contribution in [0.2, 0.25) is 0 Å². The number of aromatic nitrogens is 1. The molecule has 3 nitrogen and oxygen atoms in total. The highest BCUT2D eigenvalue weighted by Gasteiger charge is 2.16. The molecular weight excluding hydrogens is 260 g/mol. The van der Waals surface area contributed by atoms with Crippen molar-refractivity contribution in [2.24, 2.45) is 0 Å². The van der Waals surface area contributed by atoms with Crippen LogP contribution in [0.5, 0.6) is 0 Å². The van der Waals surface area contributed by atoms with E-state index in [4.69, 9.17) is 4.42 Å². The molecule has 0 amide bonds. The van der Waals surface area contributed by atoms with Gasteiger partial charge in [-0.25, -0.2) is 4.98 Å². The fraction of sp³-hybridized carbons (Fsp3) is 0.278. The highest BCUT2D eigenvalue weighted by atomic mass is 16.3. The minimum absolute atomic E-state index is 0.0506. The van der Waals surface area contributed by atoms with Gasteiger partial charge in [0.05, 0.1) is 0 Å². The van der Waals surface area contributed by atoms with Gasteiger partial charge in [-0.3, -0.25) is 0 Å². The van der Waals surface area contributed by atoms with Gasteiger partial charge in [0.1, 0.15) is 5.69 Å². The molecule has 0 atom stereocenters. The molecule has 0 unspecified atom stereocenters. The highest BCUT2D eigenvalue weighted by Crippen LogP contribution is 2.30. The molecular formula is C18H20N2O. The standard InChI is InChI=1S/C18H20N2O/c1-18(2,3)20-11-16-17(21-12-19-16)15-10-6-8-13-7-4-5-9-14(13)15/h4-10,12,20H,11H2,1-3H3. The van der Waals surface area contributed by atoms with E-state index in [0.29, 0.717) is 6.54 Å². The van der Waals surface area contributed by atoms with Gasteiger partial charge in [-0.05, 0) is 31.5 Å². The largest absolute Gasteiger partial charge is 0.443 e. The molecule has 0 aliphatic carbocycles. The number of fused-ring (bicyclic) bond motifs is 1. The van der Waals surface area contributed by atoms with Crippen LogP contribution in [0, 0.1) is 0 Å². The SMILES string of the molecule is CC(C)(C)NCc1ncoc1-c1cccc2ccccc12. The first-order valence-electron chi connectivity index (χ1n) is 7.20. The van der Waals surface area contributed by atoms with Gasteiger partial charge in [0.25, 0.3) is 0 Å². The summed E-state index contributed by atoms with van der Waals surface area (Å²) in [6.07, 6.45) is 1.52. The van der Waals surface area contributed by atoms with E-state index >= 15 is 0 Å². The zero-order valence-corrected chi connectivity index (χ0v) is 12.7. The lowest BCUT2D eigenvalue weighted by atomic mass is 10.0. The smallest absolute Gasteiger partial charge is 0.181 e. The summed E-state index contributed by atoms with van der Waals surface area (Å²) in [6, 6.07) is 14.6. The van der Waals surface area contributed by atoms with Crippen molar-refractivity contribution in [3.05, 3.63) is 54.6 Å². The average molecular weight is 280 g/mol. The molecule has 3 heteroatoms. The highest BCUT2D eigenvalue weighted by molar-refractivity contribution is 5.95. The summed E-state index contributed by atoms with van der Waals surface area (Å²) in [5.74, 6) is 0.851. The van der Waals surface area contributed by atoms with Crippen molar-refractivity contribution in [1.29, 1.82) is 0 Å². The second-order valence-corrected chi connectivity index (χ2v) is 6.26. The van der Waals surface area contributed by atoms with Crippen LogP contribution in [-0.2, 0) is 6.54 Å². The van der Waals surface area contributed by atoms with Crippen molar-refractivity contribution in [3.63, 3.8) is 0 Å². The van der Waals surface area contributed by atoms with Gasteiger partial charge in [0, 0.05) is 17.6 Å². The lowest BCUT2D eigenvalue weighted by molar-refractivity contribution is 0.421. The van der Waals surface area contributed by atoms with Gasteiger partial charge in [-0.2, -0.15) is 0 Å². The van der Waals surface area contributed by atoms with E-state index in [9.17, 15) is 0 Å². The second kappa shape index (κ2) is 5.34. The third-order valence-corrected chi connectivity index (χ3v) is 3.46. The first-order valence-corrected chi connectivity index (χ1v) is 7.20. The van der Waals surface area contributed by atoms with Crippen molar-refractivity contribution < 1.29 is 4.42 Å². The Morgan fingerprint density at radius 1 is 1.05 bits per heavy atom. The molecule has 0 spiro atoms. The van der Waals surface area contributed by atoms with E-state index in [1.165, 1.54) is 17.2 Å². The van der Waals surface area contributed by atoms with Crippen LogP contribution in [0.15, 0.2) is 53.3 Å². The molecule has 0 radical (unpaired) electrons. The van der Waals surface area contributed by atoms with Crippen LogP contribution in [0.1, 0.15) is 26.5 Å². The Hall–Kier alpha value is -2.13. The second-order valence-electron chi connectivity index (χ2n) is 6.26. The van der Waals surface area contributed by atoms with E-state index in [1.807, 2.05) is 0 Å². The first kappa shape index (κ1) is 13.8. The third kappa shape index (κ3) is 2.98. The molecule has 3 rings (SSSR count). The average Bonchev–Trinajstić information content (AvgIpc) is 2.92. The zero-order chi connectivity index (χ0) is 14.9. The quantitative estimate of drug-likeness (QED) is 0.773. The molecule has 3 aromatic rings. The molecule has 0 aliphatic heterocycles. The molecule has 1 aromatic heterocycles. The maximum atomic E-state index is 5.67. The normalized spacial score (nSPS) is 12.0. The Labute approximate surface area is 125 Å². The molecule has 0 aliphatic rings. The Bertz CT molecular complexity index is 748. The van der Waals surface area contributed by atoms with Crippen molar-refractivity contribution in [3.8, 4) is 11.3 Å². The lowest BCUT2D eigenvalue weighted by Gasteiger charge is -2.19. The van der Waals surface area contributed by atoms with Gasteiger partial charge < -0.3 is 9.73 Å². The van der Waals surface area contributed by atoms with Gasteiger partial charge >= 0.3 is 0 Å². The number of nitrogens with one attached hydrogen (secondary N) is 1. The summed E-state index contributed by atoms with van der Waals surface area (Å²) in [6.45, 7) is 7.12. The number of rotatable bonds is 3. The van der Waals surface area contributed by atoms with Gasteiger partial charge in [0.2, 0.25) is 0 Å². The number of hydrogen-bond donors (Lipinski definition) is 1. The van der Waals surface area contributed by atoms with Crippen molar-refractivity contribution in [2.75, 3.05) is 0 Å². The molecule has 0 saturated heterocycles. The van der Waals surface area contributed by atoms with E-state index in [-0.39, 0.29) is 5.54 Å². The van der Waals surface area contributed by atoms with Crippen LogP contribution < -0.4 is 5.32 Å². The molecule has 21 heavy (non-hydrogen) atoms. The first-order chi connectivity index (χ1) is 10.0. The zero-order valence-electron chi connectivity index (χ0n) is 12.7. The maximum Gasteiger partial charge on any atom is 0.181 e. The Morgan fingerprint density at radius 3 is 2.62 bits per heavy atom. The van der Waals surface area contributed by atoms with Crippen molar-refractivity contribution >= 4 is 10.8 Å². The maximum absolute atomic E-state index is 5.67. The summed E-state index contributed by atoms with van der Waals surface area (Å²) in [5.41, 5.74) is 2.09. The molecule has 1 heterocycles. The predicted octanol–water partition coefficient (Wildman–Crippen LogP) is 4.38. The van der Waals surface area contributed by atoms with Crippen LogP contribution >= 0.6 is 0 Å². The Morgan fingerprint density at radius 2 is 1.81 bits per heavy atom. The number of nitrogens with zero attached hydrogens (tertiary/aromatic N) is 1. The topological polar surface area (TPSA) is 38.1 Å². The number of hydrogen-bond acceptors (Lipinski definition) is 3. The number of oxazole rings is 1. The molecule has 0 saturated carbocycles. The fourth-order valence-electron chi connectivity index (χ4n) is 2.39. The number of benzene rings is 2. The van der Waals surface area contributed by atoms with Gasteiger partial charge in [0.15, 0.2) is 12.2 Å². The fourth-order valence-corrected chi connectivity index (χ4v) is 2.39. The lowest BCUT2D eigenvalue weighted by Crippen LogP contribution is -2.35. The van der Waals surface area contributed by atoms with Crippen LogP contribution in [0.25, 0.3) is 22.1 Å². The molecule has 0 fully saturated rings. The summed E-state index contributed by atoms with van der Waals surface area (Å²) in [7, 11) is 0. The van der Waals surface area contributed by atoms with Crippen molar-refractivity contribution in [2.45, 2.75) is 32.9 Å². The van der Waals surface area contributed by atoms with Crippen LogP contribution in [0.4, 0.5) is 0 Å². The summed E-state index contributed by atoms with van der Waals surface area (Å²) in [4.78, 5) is 4.37. The van der Waals surface area contributed by atoms with E-state index < -0.39 is 0 Å². The van der Waals surface area contributed by atoms with E-state index in [0.717, 1.165) is 17.0 Å². The van der Waals surface area contributed by atoms with E-state index in [1.54, 1.807) is 0 Å².